The van der Waals surface area contributed by atoms with Gasteiger partial charge in [0.25, 0.3) is 0 Å². The van der Waals surface area contributed by atoms with Gasteiger partial charge in [-0.05, 0) is 36.2 Å². The minimum atomic E-state index is -0.0415. The standard InChI is InChI=1S/C22H19N3O2/c1-14-11-18(19-13-27-22(25-19)15-7-4-3-5-8-15)24-21-16(12-20(26)23-2)9-6-10-17(14)21/h3-11,13H,12H2,1-2H3,(H,23,26). The molecular formula is C22H19N3O2. The molecule has 0 atom stereocenters. The molecule has 0 saturated carbocycles. The second-order valence-corrected chi connectivity index (χ2v) is 6.39. The lowest BCUT2D eigenvalue weighted by Gasteiger charge is -2.09. The van der Waals surface area contributed by atoms with E-state index in [0.29, 0.717) is 11.6 Å². The first-order chi connectivity index (χ1) is 13.2. The lowest BCUT2D eigenvalue weighted by atomic mass is 10.0. The Bertz CT molecular complexity index is 1120. The van der Waals surface area contributed by atoms with Gasteiger partial charge < -0.3 is 9.73 Å². The maximum absolute atomic E-state index is 11.9. The third kappa shape index (κ3) is 3.31. The van der Waals surface area contributed by atoms with E-state index in [9.17, 15) is 4.79 Å². The highest BCUT2D eigenvalue weighted by Crippen LogP contribution is 2.28. The molecule has 5 heteroatoms. The van der Waals surface area contributed by atoms with Gasteiger partial charge in [-0.2, -0.15) is 0 Å². The second kappa shape index (κ2) is 7.03. The Morgan fingerprint density at radius 2 is 1.85 bits per heavy atom. The number of nitrogens with one attached hydrogen (secondary N) is 1. The fourth-order valence-corrected chi connectivity index (χ4v) is 3.12. The van der Waals surface area contributed by atoms with Gasteiger partial charge in [0.1, 0.15) is 12.0 Å². The van der Waals surface area contributed by atoms with Crippen molar-refractivity contribution >= 4 is 16.8 Å². The van der Waals surface area contributed by atoms with E-state index < -0.39 is 0 Å². The molecule has 2 heterocycles. The monoisotopic (exact) mass is 357 g/mol. The summed E-state index contributed by atoms with van der Waals surface area (Å²) in [7, 11) is 1.64. The van der Waals surface area contributed by atoms with Gasteiger partial charge in [-0.1, -0.05) is 36.4 Å². The van der Waals surface area contributed by atoms with E-state index in [1.165, 1.54) is 0 Å². The van der Waals surface area contributed by atoms with E-state index in [1.54, 1.807) is 13.3 Å². The molecule has 0 aliphatic heterocycles. The zero-order chi connectivity index (χ0) is 18.8. The normalized spacial score (nSPS) is 10.9. The van der Waals surface area contributed by atoms with Crippen molar-refractivity contribution < 1.29 is 9.21 Å². The van der Waals surface area contributed by atoms with Gasteiger partial charge in [-0.3, -0.25) is 4.79 Å². The first-order valence-electron chi connectivity index (χ1n) is 8.77. The molecule has 5 nitrogen and oxygen atoms in total. The number of carbonyl (C=O) groups excluding carboxylic acids is 1. The van der Waals surface area contributed by atoms with E-state index in [4.69, 9.17) is 9.40 Å². The fraction of sp³-hybridized carbons (Fsp3) is 0.136. The molecule has 27 heavy (non-hydrogen) atoms. The third-order valence-corrected chi connectivity index (χ3v) is 4.55. The Morgan fingerprint density at radius 3 is 2.63 bits per heavy atom. The molecule has 134 valence electrons. The van der Waals surface area contributed by atoms with Crippen LogP contribution in [0.25, 0.3) is 33.7 Å². The van der Waals surface area contributed by atoms with Crippen molar-refractivity contribution in [2.45, 2.75) is 13.3 Å². The van der Waals surface area contributed by atoms with E-state index in [1.807, 2.05) is 61.5 Å². The number of benzene rings is 2. The van der Waals surface area contributed by atoms with Crippen molar-refractivity contribution in [3.05, 3.63) is 72.0 Å². The molecule has 0 saturated heterocycles. The topological polar surface area (TPSA) is 68.0 Å². The zero-order valence-electron chi connectivity index (χ0n) is 15.2. The fourth-order valence-electron chi connectivity index (χ4n) is 3.12. The van der Waals surface area contributed by atoms with Crippen LogP contribution < -0.4 is 5.32 Å². The lowest BCUT2D eigenvalue weighted by molar-refractivity contribution is -0.119. The Balaban J connectivity index is 1.80. The average molecular weight is 357 g/mol. The number of carbonyl (C=O) groups is 1. The van der Waals surface area contributed by atoms with Crippen LogP contribution >= 0.6 is 0 Å². The van der Waals surface area contributed by atoms with Gasteiger partial charge in [0.2, 0.25) is 11.8 Å². The molecule has 2 aromatic heterocycles. The molecule has 0 radical (unpaired) electrons. The Morgan fingerprint density at radius 1 is 1.04 bits per heavy atom. The Hall–Kier alpha value is -3.47. The number of nitrogens with zero attached hydrogens (tertiary/aromatic N) is 2. The number of hydrogen-bond donors (Lipinski definition) is 1. The molecule has 1 amide bonds. The SMILES string of the molecule is CNC(=O)Cc1cccc2c(C)cc(-c3coc(-c4ccccc4)n3)nc12. The number of likely N-dealkylation sites (N-methyl/N-ethyl adjacent to an activating group) is 1. The molecule has 0 spiro atoms. The molecule has 4 rings (SSSR count). The second-order valence-electron chi connectivity index (χ2n) is 6.39. The maximum Gasteiger partial charge on any atom is 0.226 e. The number of fused-ring (bicyclic) bond motifs is 1. The van der Waals surface area contributed by atoms with E-state index in [-0.39, 0.29) is 12.3 Å². The molecule has 0 fully saturated rings. The number of pyridine rings is 1. The highest BCUT2D eigenvalue weighted by Gasteiger charge is 2.14. The van der Waals surface area contributed by atoms with Gasteiger partial charge in [0, 0.05) is 18.0 Å². The van der Waals surface area contributed by atoms with Crippen molar-refractivity contribution in [1.82, 2.24) is 15.3 Å². The highest BCUT2D eigenvalue weighted by atomic mass is 16.3. The number of amides is 1. The molecule has 2 aromatic carbocycles. The maximum atomic E-state index is 11.9. The lowest BCUT2D eigenvalue weighted by Crippen LogP contribution is -2.20. The van der Waals surface area contributed by atoms with Crippen molar-refractivity contribution in [2.24, 2.45) is 0 Å². The molecule has 0 bridgehead atoms. The van der Waals surface area contributed by atoms with Crippen LogP contribution in [-0.4, -0.2) is 22.9 Å². The average Bonchev–Trinajstić information content (AvgIpc) is 3.19. The summed E-state index contributed by atoms with van der Waals surface area (Å²) in [5, 5.41) is 3.70. The van der Waals surface area contributed by atoms with Gasteiger partial charge >= 0.3 is 0 Å². The summed E-state index contributed by atoms with van der Waals surface area (Å²) >= 11 is 0. The first kappa shape index (κ1) is 17.0. The minimum Gasteiger partial charge on any atom is -0.444 e. The van der Waals surface area contributed by atoms with Gasteiger partial charge in [0.05, 0.1) is 17.6 Å². The number of aryl methyl sites for hydroxylation is 1. The molecular weight excluding hydrogens is 338 g/mol. The van der Waals surface area contributed by atoms with Crippen LogP contribution in [0, 0.1) is 6.92 Å². The Kier molecular flexibility index (Phi) is 4.42. The van der Waals surface area contributed by atoms with Crippen LogP contribution in [0.2, 0.25) is 0 Å². The third-order valence-electron chi connectivity index (χ3n) is 4.55. The first-order valence-corrected chi connectivity index (χ1v) is 8.77. The van der Waals surface area contributed by atoms with Gasteiger partial charge in [-0.15, -0.1) is 0 Å². The van der Waals surface area contributed by atoms with Crippen LogP contribution in [0.3, 0.4) is 0 Å². The molecule has 4 aromatic rings. The molecule has 0 aliphatic rings. The van der Waals surface area contributed by atoms with Crippen molar-refractivity contribution in [2.75, 3.05) is 7.05 Å². The van der Waals surface area contributed by atoms with Crippen LogP contribution in [0.5, 0.6) is 0 Å². The van der Waals surface area contributed by atoms with Gasteiger partial charge in [-0.25, -0.2) is 9.97 Å². The summed E-state index contributed by atoms with van der Waals surface area (Å²) in [6.45, 7) is 2.04. The van der Waals surface area contributed by atoms with E-state index in [2.05, 4.69) is 10.3 Å². The van der Waals surface area contributed by atoms with Crippen molar-refractivity contribution in [1.29, 1.82) is 0 Å². The smallest absolute Gasteiger partial charge is 0.226 e. The van der Waals surface area contributed by atoms with E-state index >= 15 is 0 Å². The van der Waals surface area contributed by atoms with E-state index in [0.717, 1.165) is 33.3 Å². The number of oxazole rings is 1. The molecule has 0 aliphatic carbocycles. The molecule has 1 N–H and O–H groups in total. The number of para-hydroxylation sites is 1. The Labute approximate surface area is 157 Å². The summed E-state index contributed by atoms with van der Waals surface area (Å²) in [4.78, 5) is 21.3. The summed E-state index contributed by atoms with van der Waals surface area (Å²) in [5.41, 5.74) is 5.12. The number of rotatable bonds is 4. The number of hydrogen-bond acceptors (Lipinski definition) is 4. The highest BCUT2D eigenvalue weighted by molar-refractivity contribution is 5.90. The van der Waals surface area contributed by atoms with Crippen LogP contribution in [-0.2, 0) is 11.2 Å². The summed E-state index contributed by atoms with van der Waals surface area (Å²) < 4.78 is 5.65. The van der Waals surface area contributed by atoms with Crippen LogP contribution in [0.1, 0.15) is 11.1 Å². The van der Waals surface area contributed by atoms with Crippen molar-refractivity contribution in [3.8, 4) is 22.8 Å². The summed E-state index contributed by atoms with van der Waals surface area (Å²) in [6.07, 6.45) is 1.91. The predicted octanol–water partition coefficient (Wildman–Crippen LogP) is 4.15. The minimum absolute atomic E-state index is 0.0415. The number of aromatic nitrogens is 2. The van der Waals surface area contributed by atoms with Crippen molar-refractivity contribution in [3.63, 3.8) is 0 Å². The largest absolute Gasteiger partial charge is 0.444 e. The summed E-state index contributed by atoms with van der Waals surface area (Å²) in [6, 6.07) is 17.7. The van der Waals surface area contributed by atoms with Gasteiger partial charge in [0.15, 0.2) is 0 Å². The zero-order valence-corrected chi connectivity index (χ0v) is 15.2. The van der Waals surface area contributed by atoms with Crippen LogP contribution in [0.15, 0.2) is 65.3 Å². The molecule has 0 unspecified atom stereocenters. The van der Waals surface area contributed by atoms with Crippen LogP contribution in [0.4, 0.5) is 0 Å². The quantitative estimate of drug-likeness (QED) is 0.596. The predicted molar refractivity (Wildman–Crippen MR) is 105 cm³/mol. The summed E-state index contributed by atoms with van der Waals surface area (Å²) in [5.74, 6) is 0.518.